The zero-order chi connectivity index (χ0) is 26.3. The van der Waals surface area contributed by atoms with Crippen LogP contribution < -0.4 is 24.8 Å². The van der Waals surface area contributed by atoms with Gasteiger partial charge in [-0.1, -0.05) is 76.3 Å². The van der Waals surface area contributed by atoms with Gasteiger partial charge in [-0.15, -0.1) is 12.0 Å². The number of benzene rings is 3. The quantitative estimate of drug-likeness (QED) is 0.302. The molecule has 0 atom stereocenters. The number of rotatable bonds is 2. The molecule has 0 unspecified atom stereocenters. The largest absolute Gasteiger partial charge is 1.00 e. The molecular formula is C35H40Cl2Zr-2. The average molecular weight is 623 g/mol. The van der Waals surface area contributed by atoms with Gasteiger partial charge in [0.2, 0.25) is 0 Å². The van der Waals surface area contributed by atoms with Crippen LogP contribution >= 0.6 is 0 Å². The monoisotopic (exact) mass is 620 g/mol. The summed E-state index contributed by atoms with van der Waals surface area (Å²) in [5.41, 5.74) is 10.2. The molecule has 0 radical (unpaired) electrons. The van der Waals surface area contributed by atoms with Gasteiger partial charge in [0.25, 0.3) is 0 Å². The zero-order valence-corrected chi connectivity index (χ0v) is 27.9. The zero-order valence-electron chi connectivity index (χ0n) is 23.9. The second kappa shape index (κ2) is 15.3. The smallest absolute Gasteiger partial charge is 0.109 e. The van der Waals surface area contributed by atoms with Gasteiger partial charge in [0.15, 0.2) is 0 Å². The third-order valence-electron chi connectivity index (χ3n) is 6.42. The maximum absolute atomic E-state index is 3.53. The van der Waals surface area contributed by atoms with Crippen LogP contribution in [0.3, 0.4) is 0 Å². The third-order valence-corrected chi connectivity index (χ3v) is 6.86. The summed E-state index contributed by atoms with van der Waals surface area (Å²) in [7, 11) is 0. The van der Waals surface area contributed by atoms with Crippen LogP contribution in [0.2, 0.25) is 0 Å². The van der Waals surface area contributed by atoms with Crippen LogP contribution in [0, 0.1) is 12.1 Å². The number of hydrogen-bond acceptors (Lipinski definition) is 0. The third kappa shape index (κ3) is 10.2. The molecule has 2 aliphatic rings. The van der Waals surface area contributed by atoms with Crippen molar-refractivity contribution in [1.29, 1.82) is 0 Å². The van der Waals surface area contributed by atoms with Crippen molar-refractivity contribution in [1.82, 2.24) is 0 Å². The Labute approximate surface area is 259 Å². The molecule has 0 aromatic heterocycles. The van der Waals surface area contributed by atoms with Crippen molar-refractivity contribution in [2.45, 2.75) is 78.6 Å². The Balaban J connectivity index is 0.000000354. The van der Waals surface area contributed by atoms with Crippen molar-refractivity contribution in [2.75, 3.05) is 0 Å². The Hall–Kier alpha value is -1.53. The molecule has 3 heteroatoms. The molecule has 0 aliphatic heterocycles. The van der Waals surface area contributed by atoms with Crippen molar-refractivity contribution >= 4 is 3.21 Å². The van der Waals surface area contributed by atoms with E-state index in [0.29, 0.717) is 0 Å². The van der Waals surface area contributed by atoms with Crippen molar-refractivity contribution < 1.29 is 49.0 Å². The van der Waals surface area contributed by atoms with Gasteiger partial charge < -0.3 is 24.8 Å². The number of fused-ring (bicyclic) bond motifs is 3. The van der Waals surface area contributed by atoms with Crippen LogP contribution in [0.5, 0.6) is 0 Å². The normalized spacial score (nSPS) is 12.6. The van der Waals surface area contributed by atoms with Crippen molar-refractivity contribution in [2.24, 2.45) is 0 Å². The molecule has 3 aromatic rings. The summed E-state index contributed by atoms with van der Waals surface area (Å²) in [6, 6.07) is 25.7. The van der Waals surface area contributed by atoms with Gasteiger partial charge >= 0.3 is 76.7 Å². The van der Waals surface area contributed by atoms with Crippen LogP contribution in [0.4, 0.5) is 0 Å². The summed E-state index contributed by atoms with van der Waals surface area (Å²) in [4.78, 5) is 0. The van der Waals surface area contributed by atoms with Gasteiger partial charge in [-0.3, -0.25) is 6.08 Å². The van der Waals surface area contributed by atoms with Gasteiger partial charge in [-0.25, -0.2) is 12.2 Å². The first-order valence-electron chi connectivity index (χ1n) is 12.9. The topological polar surface area (TPSA) is 0 Å². The molecule has 0 N–H and O–H groups in total. The predicted octanol–water partition coefficient (Wildman–Crippen LogP) is 2.93. The summed E-state index contributed by atoms with van der Waals surface area (Å²) in [5, 5.41) is 0. The fourth-order valence-corrected chi connectivity index (χ4v) is 4.73. The maximum Gasteiger partial charge on any atom is -0.109 e. The van der Waals surface area contributed by atoms with E-state index in [2.05, 4.69) is 127 Å². The van der Waals surface area contributed by atoms with E-state index in [9.17, 15) is 0 Å². The van der Waals surface area contributed by atoms with E-state index in [0.717, 1.165) is 19.3 Å². The summed E-state index contributed by atoms with van der Waals surface area (Å²) in [6.07, 6.45) is 12.2. The summed E-state index contributed by atoms with van der Waals surface area (Å²) in [6.45, 7) is 15.8. The molecular weight excluding hydrogens is 583 g/mol. The van der Waals surface area contributed by atoms with E-state index < -0.39 is 0 Å². The van der Waals surface area contributed by atoms with Crippen LogP contribution in [0.15, 0.2) is 78.9 Å². The second-order valence-corrected chi connectivity index (χ2v) is 13.9. The first-order valence-corrected chi connectivity index (χ1v) is 14.2. The molecule has 38 heavy (non-hydrogen) atoms. The Morgan fingerprint density at radius 2 is 1.47 bits per heavy atom. The van der Waals surface area contributed by atoms with Crippen LogP contribution in [0.1, 0.15) is 82.7 Å². The molecule has 0 amide bonds. The summed E-state index contributed by atoms with van der Waals surface area (Å²) >= 11 is 1.55. The van der Waals surface area contributed by atoms with E-state index >= 15 is 0 Å². The fourth-order valence-electron chi connectivity index (χ4n) is 4.23. The van der Waals surface area contributed by atoms with Crippen LogP contribution in [0.25, 0.3) is 11.1 Å². The van der Waals surface area contributed by atoms with E-state index in [1.165, 1.54) is 38.9 Å². The molecule has 0 heterocycles. The van der Waals surface area contributed by atoms with E-state index in [4.69, 9.17) is 0 Å². The maximum atomic E-state index is 3.53. The van der Waals surface area contributed by atoms with Gasteiger partial charge in [-0.2, -0.15) is 35.4 Å². The molecule has 5 rings (SSSR count). The van der Waals surface area contributed by atoms with Gasteiger partial charge in [0.1, 0.15) is 0 Å². The second-order valence-electron chi connectivity index (χ2n) is 11.8. The van der Waals surface area contributed by atoms with Gasteiger partial charge in [0.05, 0.1) is 0 Å². The predicted molar refractivity (Wildman–Crippen MR) is 153 cm³/mol. The molecule has 0 saturated carbocycles. The molecule has 200 valence electrons. The SMILES string of the molecule is CC(C)(C)c1c[c-]c2c(c1)-c1cc(C(C)(C)C)ccc1C2.C[C](=[Zr+2])Cc1ccccc1.[C-]1=CC=CC1.[Cl-].[Cl-]. The van der Waals surface area contributed by atoms with Crippen LogP contribution in [-0.2, 0) is 47.9 Å². The standard InChI is InChI=1S/C21H25.C9H10.C5H5.2ClH.Zr/c1-20(2,3)16-9-7-14-11-15-8-10-17(21(4,5)6)13-19(15)18(14)12-16;1-2-6-9-7-4-3-5-8-9;1-2-4-5-3-1;;;/h7,9-10,12-13H,11H2,1-6H3;3-5,7-8H,6H2,1H3;1-3H,4H2;2*1H;/q-1;;-1;;;+2/p-2. The van der Waals surface area contributed by atoms with Crippen molar-refractivity contribution in [3.63, 3.8) is 0 Å². The molecule has 0 saturated heterocycles. The van der Waals surface area contributed by atoms with E-state index in [1.54, 1.807) is 27.4 Å². The minimum atomic E-state index is 0. The Morgan fingerprint density at radius 1 is 0.842 bits per heavy atom. The van der Waals surface area contributed by atoms with Crippen molar-refractivity contribution in [3.05, 3.63) is 119 Å². The van der Waals surface area contributed by atoms with Crippen LogP contribution in [-0.4, -0.2) is 3.21 Å². The van der Waals surface area contributed by atoms with E-state index in [1.807, 2.05) is 12.2 Å². The minimum Gasteiger partial charge on any atom is -1.00 e. The molecule has 0 fully saturated rings. The molecule has 0 nitrogen and oxygen atoms in total. The van der Waals surface area contributed by atoms with Gasteiger partial charge in [-0.05, 0) is 17.4 Å². The van der Waals surface area contributed by atoms with Crippen molar-refractivity contribution in [3.8, 4) is 11.1 Å². The number of hydrogen-bond donors (Lipinski definition) is 0. The number of allylic oxidation sites excluding steroid dienone is 4. The Kier molecular flexibility index (Phi) is 13.9. The molecule has 2 aliphatic carbocycles. The fraction of sp³-hybridized carbons (Fsp3) is 0.343. The molecule has 3 aromatic carbocycles. The summed E-state index contributed by atoms with van der Waals surface area (Å²) in [5.74, 6) is 0. The molecule has 0 spiro atoms. The molecule has 0 bridgehead atoms. The first-order chi connectivity index (χ1) is 16.9. The average Bonchev–Trinajstić information content (AvgIpc) is 3.49. The first kappa shape index (κ1) is 34.5. The Morgan fingerprint density at radius 3 is 1.97 bits per heavy atom. The van der Waals surface area contributed by atoms with E-state index in [-0.39, 0.29) is 35.6 Å². The Bertz CT molecular complexity index is 1170. The minimum absolute atomic E-state index is 0. The number of halogens is 2. The summed E-state index contributed by atoms with van der Waals surface area (Å²) < 4.78 is 1.55. The van der Waals surface area contributed by atoms with Gasteiger partial charge in [0, 0.05) is 0 Å².